The molecule has 0 saturated carbocycles. The quantitative estimate of drug-likeness (QED) is 0.0844. The molecule has 196 valence electrons. The Morgan fingerprint density at radius 3 is 2.22 bits per heavy atom. The number of pyridine rings is 1. The SMILES string of the molecule is CCCCCCCCCCCCOc1ccc(SC(O)c2ccccc2C(=O)O)nc1C=CC(=O)O. The maximum absolute atomic E-state index is 11.5. The van der Waals surface area contributed by atoms with E-state index >= 15 is 0 Å². The lowest BCUT2D eigenvalue weighted by atomic mass is 10.1. The Labute approximate surface area is 217 Å². The molecule has 0 saturated heterocycles. The summed E-state index contributed by atoms with van der Waals surface area (Å²) in [4.78, 5) is 26.9. The van der Waals surface area contributed by atoms with Crippen molar-refractivity contribution in [1.82, 2.24) is 4.98 Å². The van der Waals surface area contributed by atoms with Crippen LogP contribution in [0, 0.1) is 0 Å². The van der Waals surface area contributed by atoms with Gasteiger partial charge in [0.2, 0.25) is 0 Å². The van der Waals surface area contributed by atoms with Crippen LogP contribution in [-0.4, -0.2) is 38.8 Å². The monoisotopic (exact) mass is 515 g/mol. The zero-order valence-corrected chi connectivity index (χ0v) is 21.7. The van der Waals surface area contributed by atoms with E-state index in [1.165, 1.54) is 63.5 Å². The van der Waals surface area contributed by atoms with Crippen LogP contribution in [-0.2, 0) is 4.79 Å². The van der Waals surface area contributed by atoms with E-state index in [-0.39, 0.29) is 11.1 Å². The highest BCUT2D eigenvalue weighted by Crippen LogP contribution is 2.35. The first kappa shape index (κ1) is 29.4. The molecule has 0 aliphatic rings. The minimum absolute atomic E-state index is 0.0138. The third-order valence-corrected chi connectivity index (χ3v) is 6.64. The number of aromatic carboxylic acids is 1. The minimum Gasteiger partial charge on any atom is -0.491 e. The molecule has 7 nitrogen and oxygen atoms in total. The van der Waals surface area contributed by atoms with Gasteiger partial charge in [0.25, 0.3) is 0 Å². The predicted molar refractivity (Wildman–Crippen MR) is 142 cm³/mol. The lowest BCUT2D eigenvalue weighted by Gasteiger charge is -2.14. The van der Waals surface area contributed by atoms with Crippen LogP contribution in [0.4, 0.5) is 0 Å². The molecule has 3 N–H and O–H groups in total. The first-order valence-corrected chi connectivity index (χ1v) is 13.5. The molecule has 1 aromatic heterocycles. The number of carboxylic acid groups (broad SMARTS) is 2. The number of aliphatic hydroxyl groups excluding tert-OH is 1. The lowest BCUT2D eigenvalue weighted by molar-refractivity contribution is -0.131. The van der Waals surface area contributed by atoms with Crippen molar-refractivity contribution in [2.24, 2.45) is 0 Å². The van der Waals surface area contributed by atoms with E-state index in [4.69, 9.17) is 9.84 Å². The largest absolute Gasteiger partial charge is 0.491 e. The molecule has 0 aliphatic carbocycles. The number of aliphatic carboxylic acids is 1. The zero-order chi connectivity index (χ0) is 26.2. The van der Waals surface area contributed by atoms with Crippen molar-refractivity contribution in [2.45, 2.75) is 81.6 Å². The third kappa shape index (κ3) is 10.8. The Kier molecular flexibility index (Phi) is 13.7. The molecule has 0 bridgehead atoms. The van der Waals surface area contributed by atoms with E-state index < -0.39 is 17.4 Å². The van der Waals surface area contributed by atoms with Crippen molar-refractivity contribution >= 4 is 29.8 Å². The molecule has 1 heterocycles. The summed E-state index contributed by atoms with van der Waals surface area (Å²) in [7, 11) is 0. The maximum atomic E-state index is 11.5. The standard InChI is InChI=1S/C28H37NO6S/c1-2-3-4-5-6-7-8-9-10-13-20-35-24-17-18-25(29-23(24)16-19-26(30)31)36-28(34)22-15-12-11-14-21(22)27(32)33/h11-12,14-19,28,34H,2-10,13,20H2,1H3,(H,30,31)(H,32,33). The van der Waals surface area contributed by atoms with Gasteiger partial charge in [0.15, 0.2) is 0 Å². The van der Waals surface area contributed by atoms with Gasteiger partial charge in [0, 0.05) is 11.6 Å². The Morgan fingerprint density at radius 2 is 1.58 bits per heavy atom. The van der Waals surface area contributed by atoms with Crippen molar-refractivity contribution in [3.05, 3.63) is 59.3 Å². The number of thioether (sulfide) groups is 1. The number of rotatable bonds is 18. The van der Waals surface area contributed by atoms with Crippen molar-refractivity contribution in [2.75, 3.05) is 6.61 Å². The Bertz CT molecular complexity index is 994. The summed E-state index contributed by atoms with van der Waals surface area (Å²) in [5.41, 5.74) is -0.534. The summed E-state index contributed by atoms with van der Waals surface area (Å²) < 4.78 is 5.88. The average Bonchev–Trinajstić information content (AvgIpc) is 2.86. The minimum atomic E-state index is -1.15. The number of benzene rings is 1. The highest BCUT2D eigenvalue weighted by atomic mass is 32.2. The first-order chi connectivity index (χ1) is 17.4. The molecule has 0 spiro atoms. The van der Waals surface area contributed by atoms with Crippen LogP contribution in [0.1, 0.15) is 98.2 Å². The zero-order valence-electron chi connectivity index (χ0n) is 20.9. The molecule has 0 aliphatic heterocycles. The number of hydrogen-bond acceptors (Lipinski definition) is 6. The molecule has 2 aromatic rings. The van der Waals surface area contributed by atoms with E-state index in [9.17, 15) is 19.8 Å². The van der Waals surface area contributed by atoms with E-state index in [2.05, 4.69) is 11.9 Å². The van der Waals surface area contributed by atoms with Crippen LogP contribution < -0.4 is 4.74 Å². The number of aromatic nitrogens is 1. The second kappa shape index (κ2) is 16.8. The van der Waals surface area contributed by atoms with Gasteiger partial charge in [0.1, 0.15) is 16.9 Å². The fraction of sp³-hybridized carbons (Fsp3) is 0.464. The first-order valence-electron chi connectivity index (χ1n) is 12.6. The molecular weight excluding hydrogens is 478 g/mol. The number of ether oxygens (including phenoxy) is 1. The molecule has 0 radical (unpaired) electrons. The van der Waals surface area contributed by atoms with Gasteiger partial charge in [-0.25, -0.2) is 14.6 Å². The number of carbonyl (C=O) groups is 2. The highest BCUT2D eigenvalue weighted by Gasteiger charge is 2.18. The van der Waals surface area contributed by atoms with Crippen molar-refractivity contribution in [3.8, 4) is 5.75 Å². The smallest absolute Gasteiger partial charge is 0.336 e. The second-order valence-electron chi connectivity index (χ2n) is 8.60. The summed E-state index contributed by atoms with van der Waals surface area (Å²) in [6, 6.07) is 9.60. The molecule has 0 amide bonds. The van der Waals surface area contributed by atoms with Crippen molar-refractivity contribution < 1.29 is 29.6 Å². The fourth-order valence-electron chi connectivity index (χ4n) is 3.76. The van der Waals surface area contributed by atoms with Crippen LogP contribution in [0.5, 0.6) is 5.75 Å². The van der Waals surface area contributed by atoms with E-state index in [1.54, 1.807) is 30.3 Å². The normalized spacial score (nSPS) is 12.1. The van der Waals surface area contributed by atoms with E-state index in [1.807, 2.05) is 0 Å². The van der Waals surface area contributed by atoms with Gasteiger partial charge in [0.05, 0.1) is 17.2 Å². The molecule has 36 heavy (non-hydrogen) atoms. The molecule has 1 unspecified atom stereocenters. The van der Waals surface area contributed by atoms with Gasteiger partial charge in [-0.15, -0.1) is 0 Å². The van der Waals surface area contributed by atoms with Gasteiger partial charge < -0.3 is 20.1 Å². The number of hydrogen-bond donors (Lipinski definition) is 3. The summed E-state index contributed by atoms with van der Waals surface area (Å²) in [5.74, 6) is -1.77. The molecule has 8 heteroatoms. The van der Waals surface area contributed by atoms with Crippen LogP contribution in [0.25, 0.3) is 6.08 Å². The Hall–Kier alpha value is -2.84. The van der Waals surface area contributed by atoms with Gasteiger partial charge in [-0.3, -0.25) is 0 Å². The molecule has 1 atom stereocenters. The Morgan fingerprint density at radius 1 is 0.944 bits per heavy atom. The summed E-state index contributed by atoms with van der Waals surface area (Å²) in [6.45, 7) is 2.73. The average molecular weight is 516 g/mol. The fourth-order valence-corrected chi connectivity index (χ4v) is 4.62. The van der Waals surface area contributed by atoms with Crippen LogP contribution in [0.3, 0.4) is 0 Å². The number of nitrogens with zero attached hydrogens (tertiary/aromatic N) is 1. The number of carboxylic acids is 2. The van der Waals surface area contributed by atoms with Crippen LogP contribution >= 0.6 is 11.8 Å². The maximum Gasteiger partial charge on any atom is 0.336 e. The summed E-state index contributed by atoms with van der Waals surface area (Å²) >= 11 is 0.975. The third-order valence-electron chi connectivity index (χ3n) is 5.69. The second-order valence-corrected chi connectivity index (χ2v) is 9.70. The van der Waals surface area contributed by atoms with Crippen LogP contribution in [0.15, 0.2) is 47.5 Å². The molecule has 1 aromatic carbocycles. The Balaban J connectivity index is 1.91. The topological polar surface area (TPSA) is 117 Å². The molecule has 2 rings (SSSR count). The van der Waals surface area contributed by atoms with Gasteiger partial charge in [-0.2, -0.15) is 0 Å². The molecular formula is C28H37NO6S. The lowest BCUT2D eigenvalue weighted by Crippen LogP contribution is -2.05. The van der Waals surface area contributed by atoms with Gasteiger partial charge in [-0.05, 0) is 30.7 Å². The van der Waals surface area contributed by atoms with Crippen molar-refractivity contribution in [1.29, 1.82) is 0 Å². The summed E-state index contributed by atoms with van der Waals surface area (Å²) in [5, 5.41) is 29.4. The molecule has 0 fully saturated rings. The van der Waals surface area contributed by atoms with E-state index in [0.717, 1.165) is 30.7 Å². The summed E-state index contributed by atoms with van der Waals surface area (Å²) in [6.07, 6.45) is 14.6. The van der Waals surface area contributed by atoms with Gasteiger partial charge >= 0.3 is 11.9 Å². The number of aliphatic hydroxyl groups is 1. The van der Waals surface area contributed by atoms with Crippen LogP contribution in [0.2, 0.25) is 0 Å². The highest BCUT2D eigenvalue weighted by molar-refractivity contribution is 7.99. The van der Waals surface area contributed by atoms with Crippen molar-refractivity contribution in [3.63, 3.8) is 0 Å². The van der Waals surface area contributed by atoms with E-state index in [0.29, 0.717) is 23.1 Å². The number of unbranched alkanes of at least 4 members (excludes halogenated alkanes) is 9. The van der Waals surface area contributed by atoms with Gasteiger partial charge in [-0.1, -0.05) is 94.7 Å². The predicted octanol–water partition coefficient (Wildman–Crippen LogP) is 6.96.